The first-order valence-electron chi connectivity index (χ1n) is 8.31. The normalized spacial score (nSPS) is 17.2. The molecule has 24 heavy (non-hydrogen) atoms. The Bertz CT molecular complexity index is 575. The molecule has 1 amide bonds. The van der Waals surface area contributed by atoms with Crippen molar-refractivity contribution in [1.82, 2.24) is 5.32 Å². The van der Waals surface area contributed by atoms with Gasteiger partial charge in [-0.3, -0.25) is 5.32 Å². The first kappa shape index (κ1) is 18.5. The van der Waals surface area contributed by atoms with Crippen molar-refractivity contribution in [2.75, 3.05) is 25.5 Å². The van der Waals surface area contributed by atoms with Gasteiger partial charge in [-0.25, -0.2) is 4.79 Å². The first-order valence-corrected chi connectivity index (χ1v) is 8.31. The van der Waals surface area contributed by atoms with Gasteiger partial charge in [0.2, 0.25) is 0 Å². The fourth-order valence-corrected chi connectivity index (χ4v) is 2.81. The lowest BCUT2D eigenvalue weighted by atomic mass is 9.86. The number of aliphatic hydroxyl groups is 1. The molecule has 1 aromatic rings. The summed E-state index contributed by atoms with van der Waals surface area (Å²) in [7, 11) is 1.55. The van der Waals surface area contributed by atoms with Crippen LogP contribution in [0.1, 0.15) is 39.2 Å². The molecule has 1 aliphatic rings. The van der Waals surface area contributed by atoms with Crippen LogP contribution in [0.4, 0.5) is 10.5 Å². The Morgan fingerprint density at radius 1 is 1.33 bits per heavy atom. The van der Waals surface area contributed by atoms with Crippen molar-refractivity contribution in [3.05, 3.63) is 23.8 Å². The van der Waals surface area contributed by atoms with Crippen LogP contribution in [0.3, 0.4) is 0 Å². The topological polar surface area (TPSA) is 79.8 Å². The lowest BCUT2D eigenvalue weighted by Gasteiger charge is -2.32. The molecule has 2 rings (SSSR count). The van der Waals surface area contributed by atoms with Crippen molar-refractivity contribution in [1.29, 1.82) is 0 Å². The minimum Gasteiger partial charge on any atom is -0.495 e. The van der Waals surface area contributed by atoms with E-state index in [4.69, 9.17) is 9.47 Å². The number of benzene rings is 1. The van der Waals surface area contributed by atoms with Gasteiger partial charge < -0.3 is 19.9 Å². The summed E-state index contributed by atoms with van der Waals surface area (Å²) in [5.74, 6) is 0.552. The van der Waals surface area contributed by atoms with Gasteiger partial charge in [0.1, 0.15) is 11.4 Å². The Labute approximate surface area is 143 Å². The fraction of sp³-hybridized carbons (Fsp3) is 0.611. The molecule has 0 bridgehead atoms. The minimum atomic E-state index is -0.684. The van der Waals surface area contributed by atoms with Crippen LogP contribution < -0.4 is 15.4 Å². The van der Waals surface area contributed by atoms with Crippen molar-refractivity contribution in [3.63, 3.8) is 0 Å². The average molecular weight is 336 g/mol. The lowest BCUT2D eigenvalue weighted by molar-refractivity contribution is 0.0108. The molecule has 0 atom stereocenters. The Hall–Kier alpha value is -1.79. The molecule has 134 valence electrons. The van der Waals surface area contributed by atoms with Gasteiger partial charge in [0.25, 0.3) is 0 Å². The van der Waals surface area contributed by atoms with E-state index in [9.17, 15) is 9.90 Å². The third kappa shape index (κ3) is 5.39. The summed E-state index contributed by atoms with van der Waals surface area (Å²) in [6.45, 7) is 7.09. The molecule has 6 heteroatoms. The number of carbonyl (C=O) groups is 1. The van der Waals surface area contributed by atoms with Gasteiger partial charge >= 0.3 is 6.09 Å². The number of nitrogens with one attached hydrogen (secondary N) is 2. The van der Waals surface area contributed by atoms with E-state index in [0.717, 1.165) is 31.5 Å². The molecular formula is C18H28N2O4. The molecule has 1 aromatic carbocycles. The monoisotopic (exact) mass is 336 g/mol. The first-order chi connectivity index (χ1) is 11.2. The Morgan fingerprint density at radius 3 is 2.58 bits per heavy atom. The highest BCUT2D eigenvalue weighted by Crippen LogP contribution is 2.30. The molecule has 1 saturated heterocycles. The summed E-state index contributed by atoms with van der Waals surface area (Å²) < 4.78 is 10.6. The van der Waals surface area contributed by atoms with E-state index in [2.05, 4.69) is 10.6 Å². The maximum atomic E-state index is 11.9. The number of ether oxygens (including phenoxy) is 2. The number of methoxy groups -OCH3 is 1. The molecular weight excluding hydrogens is 308 g/mol. The Kier molecular flexibility index (Phi) is 5.72. The molecule has 0 unspecified atom stereocenters. The van der Waals surface area contributed by atoms with Crippen LogP contribution in [0.25, 0.3) is 0 Å². The summed E-state index contributed by atoms with van der Waals surface area (Å²) in [6.07, 6.45) is 1.50. The molecule has 0 saturated carbocycles. The van der Waals surface area contributed by atoms with Crippen LogP contribution in [-0.2, 0) is 11.2 Å². The van der Waals surface area contributed by atoms with E-state index < -0.39 is 17.3 Å². The van der Waals surface area contributed by atoms with Crippen LogP contribution in [0.5, 0.6) is 5.75 Å². The minimum absolute atomic E-state index is 0.523. The van der Waals surface area contributed by atoms with Gasteiger partial charge in [-0.1, -0.05) is 6.07 Å². The van der Waals surface area contributed by atoms with E-state index in [1.807, 2.05) is 32.9 Å². The van der Waals surface area contributed by atoms with Crippen LogP contribution in [-0.4, -0.2) is 42.6 Å². The number of hydrogen-bond donors (Lipinski definition) is 3. The van der Waals surface area contributed by atoms with Gasteiger partial charge in [-0.2, -0.15) is 0 Å². The molecule has 1 heterocycles. The zero-order chi connectivity index (χ0) is 17.8. The van der Waals surface area contributed by atoms with Crippen molar-refractivity contribution in [3.8, 4) is 5.75 Å². The van der Waals surface area contributed by atoms with Gasteiger partial charge in [-0.15, -0.1) is 0 Å². The highest BCUT2D eigenvalue weighted by Gasteiger charge is 2.29. The second kappa shape index (κ2) is 7.40. The molecule has 0 radical (unpaired) electrons. The van der Waals surface area contributed by atoms with E-state index in [1.54, 1.807) is 13.2 Å². The molecule has 1 aliphatic heterocycles. The van der Waals surface area contributed by atoms with Gasteiger partial charge in [-0.05, 0) is 64.4 Å². The third-order valence-electron chi connectivity index (χ3n) is 3.97. The standard InChI is InChI=1S/C18H28N2O4/c1-17(2,3)24-16(21)20-14-6-5-13(11-15(14)23-4)12-18(22)7-9-19-10-8-18/h5-6,11,19,22H,7-10,12H2,1-4H3,(H,20,21). The predicted octanol–water partition coefficient (Wildman–Crippen LogP) is 2.70. The molecule has 6 nitrogen and oxygen atoms in total. The van der Waals surface area contributed by atoms with E-state index in [-0.39, 0.29) is 0 Å². The third-order valence-corrected chi connectivity index (χ3v) is 3.97. The molecule has 1 fully saturated rings. The van der Waals surface area contributed by atoms with Gasteiger partial charge in [0.05, 0.1) is 18.4 Å². The number of hydrogen-bond acceptors (Lipinski definition) is 5. The summed E-state index contributed by atoms with van der Waals surface area (Å²) in [5, 5.41) is 16.6. The maximum Gasteiger partial charge on any atom is 0.412 e. The number of carbonyl (C=O) groups excluding carboxylic acids is 1. The van der Waals surface area contributed by atoms with Crippen molar-refractivity contribution in [2.45, 2.75) is 51.2 Å². The van der Waals surface area contributed by atoms with E-state index >= 15 is 0 Å². The number of rotatable bonds is 4. The Morgan fingerprint density at radius 2 is 2.00 bits per heavy atom. The smallest absolute Gasteiger partial charge is 0.412 e. The van der Waals surface area contributed by atoms with Crippen molar-refractivity contribution < 1.29 is 19.4 Å². The summed E-state index contributed by atoms with van der Waals surface area (Å²) in [4.78, 5) is 11.9. The zero-order valence-corrected chi connectivity index (χ0v) is 14.9. The Balaban J connectivity index is 2.08. The highest BCUT2D eigenvalue weighted by atomic mass is 16.6. The molecule has 0 spiro atoms. The zero-order valence-electron chi connectivity index (χ0n) is 14.9. The maximum absolute atomic E-state index is 11.9. The average Bonchev–Trinajstić information content (AvgIpc) is 2.47. The van der Waals surface area contributed by atoms with E-state index in [1.165, 1.54) is 0 Å². The SMILES string of the molecule is COc1cc(CC2(O)CCNCC2)ccc1NC(=O)OC(C)(C)C. The number of amides is 1. The van der Waals surface area contributed by atoms with Crippen LogP contribution in [0, 0.1) is 0 Å². The van der Waals surface area contributed by atoms with Gasteiger partial charge in [0.15, 0.2) is 0 Å². The number of anilines is 1. The summed E-state index contributed by atoms with van der Waals surface area (Å²) >= 11 is 0. The summed E-state index contributed by atoms with van der Waals surface area (Å²) in [6, 6.07) is 5.53. The number of piperidine rings is 1. The van der Waals surface area contributed by atoms with Gasteiger partial charge in [0, 0.05) is 6.42 Å². The second-order valence-corrected chi connectivity index (χ2v) is 7.31. The summed E-state index contributed by atoms with van der Waals surface area (Å²) in [5.41, 5.74) is 0.283. The molecule has 0 aromatic heterocycles. The fourth-order valence-electron chi connectivity index (χ4n) is 2.81. The highest BCUT2D eigenvalue weighted by molar-refractivity contribution is 5.87. The largest absolute Gasteiger partial charge is 0.495 e. The van der Waals surface area contributed by atoms with Crippen molar-refractivity contribution in [2.24, 2.45) is 0 Å². The van der Waals surface area contributed by atoms with Crippen LogP contribution in [0.2, 0.25) is 0 Å². The quantitative estimate of drug-likeness (QED) is 0.788. The predicted molar refractivity (Wildman–Crippen MR) is 93.6 cm³/mol. The second-order valence-electron chi connectivity index (χ2n) is 7.31. The van der Waals surface area contributed by atoms with Crippen molar-refractivity contribution >= 4 is 11.8 Å². The molecule has 0 aliphatic carbocycles. The lowest BCUT2D eigenvalue weighted by Crippen LogP contribution is -2.43. The van der Waals surface area contributed by atoms with Crippen LogP contribution in [0.15, 0.2) is 18.2 Å². The van der Waals surface area contributed by atoms with Crippen LogP contribution >= 0.6 is 0 Å². The van der Waals surface area contributed by atoms with E-state index in [0.29, 0.717) is 17.9 Å². The molecule has 3 N–H and O–H groups in total.